The molecule has 1 aliphatic rings. The number of nitrogens with zero attached hydrogens (tertiary/aromatic N) is 3. The summed E-state index contributed by atoms with van der Waals surface area (Å²) < 4.78 is 2.53. The molecular weight excluding hydrogens is 332 g/mol. The summed E-state index contributed by atoms with van der Waals surface area (Å²) in [6.07, 6.45) is 2.52. The van der Waals surface area contributed by atoms with Gasteiger partial charge in [0.25, 0.3) is 5.91 Å². The Kier molecular flexibility index (Phi) is 3.19. The van der Waals surface area contributed by atoms with Gasteiger partial charge in [0.1, 0.15) is 11.7 Å². The van der Waals surface area contributed by atoms with Crippen LogP contribution in [-0.2, 0) is 9.59 Å². The summed E-state index contributed by atoms with van der Waals surface area (Å²) in [4.78, 5) is 23.8. The predicted octanol–water partition coefficient (Wildman–Crippen LogP) is 1.75. The van der Waals surface area contributed by atoms with Gasteiger partial charge in [0.2, 0.25) is 5.91 Å². The molecule has 0 aliphatic carbocycles. The Hall–Kier alpha value is -1.54. The fourth-order valence-electron chi connectivity index (χ4n) is 1.93. The minimum Gasteiger partial charge on any atom is -0.295 e. The first kappa shape index (κ1) is 12.5. The summed E-state index contributed by atoms with van der Waals surface area (Å²) >= 11 is 4.94. The van der Waals surface area contributed by atoms with Crippen LogP contribution in [0.4, 0.5) is 0 Å². The van der Waals surface area contributed by atoms with E-state index in [0.29, 0.717) is 12.8 Å². The predicted molar refractivity (Wildman–Crippen MR) is 72.5 cm³/mol. The van der Waals surface area contributed by atoms with Crippen LogP contribution in [0.15, 0.2) is 22.1 Å². The summed E-state index contributed by atoms with van der Waals surface area (Å²) in [6.45, 7) is 0. The highest BCUT2D eigenvalue weighted by atomic mass is 79.9. The van der Waals surface area contributed by atoms with Crippen LogP contribution in [0.3, 0.4) is 0 Å². The van der Waals surface area contributed by atoms with Crippen molar-refractivity contribution in [2.45, 2.75) is 18.9 Å². The first-order valence-electron chi connectivity index (χ1n) is 5.65. The monoisotopic (exact) mass is 340 g/mol. The van der Waals surface area contributed by atoms with E-state index < -0.39 is 6.04 Å². The molecule has 3 heterocycles. The molecule has 0 aromatic carbocycles. The molecule has 2 aromatic rings. The zero-order chi connectivity index (χ0) is 13.4. The number of hydrogen-bond donors (Lipinski definition) is 1. The second-order valence-electron chi connectivity index (χ2n) is 4.15. The number of halogens is 1. The van der Waals surface area contributed by atoms with Crippen molar-refractivity contribution in [1.82, 2.24) is 20.3 Å². The van der Waals surface area contributed by atoms with Crippen molar-refractivity contribution in [2.24, 2.45) is 0 Å². The van der Waals surface area contributed by atoms with Crippen LogP contribution < -0.4 is 5.32 Å². The van der Waals surface area contributed by atoms with Gasteiger partial charge in [-0.2, -0.15) is 0 Å². The molecule has 3 rings (SSSR count). The second-order valence-corrected chi connectivity index (χ2v) is 6.62. The fourth-order valence-corrected chi connectivity index (χ4v) is 3.26. The molecule has 0 spiro atoms. The molecule has 19 heavy (non-hydrogen) atoms. The quantitative estimate of drug-likeness (QED) is 0.845. The molecule has 8 heteroatoms. The number of imide groups is 1. The minimum absolute atomic E-state index is 0.233. The first-order chi connectivity index (χ1) is 9.13. The highest BCUT2D eigenvalue weighted by Crippen LogP contribution is 2.30. The van der Waals surface area contributed by atoms with Crippen LogP contribution >= 0.6 is 27.3 Å². The number of nitrogens with one attached hydrogen (secondary N) is 1. The Morgan fingerprint density at radius 2 is 2.26 bits per heavy atom. The van der Waals surface area contributed by atoms with E-state index in [2.05, 4.69) is 31.6 Å². The molecule has 1 fully saturated rings. The van der Waals surface area contributed by atoms with Crippen molar-refractivity contribution in [3.05, 3.63) is 22.1 Å². The molecule has 1 unspecified atom stereocenters. The number of aromatic nitrogens is 3. The highest BCUT2D eigenvalue weighted by Gasteiger charge is 2.29. The third-order valence-electron chi connectivity index (χ3n) is 2.87. The molecular formula is C11H9BrN4O2S. The Morgan fingerprint density at radius 1 is 1.42 bits per heavy atom. The molecule has 2 aromatic heterocycles. The number of amides is 2. The zero-order valence-corrected chi connectivity index (χ0v) is 12.1. The van der Waals surface area contributed by atoms with Crippen LogP contribution in [-0.4, -0.2) is 26.8 Å². The number of carbonyl (C=O) groups is 2. The van der Waals surface area contributed by atoms with E-state index in [1.165, 1.54) is 4.68 Å². The molecule has 1 atom stereocenters. The largest absolute Gasteiger partial charge is 0.295 e. The van der Waals surface area contributed by atoms with Crippen molar-refractivity contribution in [2.75, 3.05) is 0 Å². The SMILES string of the molecule is O=C1CCC(n2cc(-c3ccc(Br)s3)nn2)C(=O)N1. The van der Waals surface area contributed by atoms with Gasteiger partial charge in [0, 0.05) is 6.42 Å². The minimum atomic E-state index is -0.456. The Bertz CT molecular complexity index is 651. The number of rotatable bonds is 2. The fraction of sp³-hybridized carbons (Fsp3) is 0.273. The van der Waals surface area contributed by atoms with Crippen molar-refractivity contribution in [1.29, 1.82) is 0 Å². The molecule has 1 saturated heterocycles. The highest BCUT2D eigenvalue weighted by molar-refractivity contribution is 9.11. The lowest BCUT2D eigenvalue weighted by atomic mass is 10.1. The van der Waals surface area contributed by atoms with Gasteiger partial charge in [0.15, 0.2) is 0 Å². The van der Waals surface area contributed by atoms with E-state index in [-0.39, 0.29) is 11.8 Å². The molecule has 6 nitrogen and oxygen atoms in total. The maximum Gasteiger partial charge on any atom is 0.251 e. The third kappa shape index (κ3) is 2.45. The number of carbonyl (C=O) groups excluding carboxylic acids is 2. The Morgan fingerprint density at radius 3 is 2.95 bits per heavy atom. The van der Waals surface area contributed by atoms with E-state index >= 15 is 0 Å². The summed E-state index contributed by atoms with van der Waals surface area (Å²) in [5.74, 6) is -0.552. The van der Waals surface area contributed by atoms with Gasteiger partial charge in [0.05, 0.1) is 14.9 Å². The Balaban J connectivity index is 1.85. The molecule has 0 radical (unpaired) electrons. The van der Waals surface area contributed by atoms with Gasteiger partial charge in [-0.1, -0.05) is 5.21 Å². The molecule has 98 valence electrons. The van der Waals surface area contributed by atoms with E-state index in [9.17, 15) is 9.59 Å². The van der Waals surface area contributed by atoms with E-state index in [4.69, 9.17) is 0 Å². The van der Waals surface area contributed by atoms with Gasteiger partial charge in [-0.25, -0.2) is 4.68 Å². The number of hydrogen-bond acceptors (Lipinski definition) is 5. The van der Waals surface area contributed by atoms with Gasteiger partial charge in [-0.05, 0) is 34.5 Å². The summed E-state index contributed by atoms with van der Waals surface area (Å²) in [5, 5.41) is 10.4. The van der Waals surface area contributed by atoms with Gasteiger partial charge in [-0.15, -0.1) is 16.4 Å². The van der Waals surface area contributed by atoms with Crippen LogP contribution in [0, 0.1) is 0 Å². The van der Waals surface area contributed by atoms with Gasteiger partial charge >= 0.3 is 0 Å². The molecule has 1 N–H and O–H groups in total. The zero-order valence-electron chi connectivity index (χ0n) is 9.67. The van der Waals surface area contributed by atoms with Crippen LogP contribution in [0.2, 0.25) is 0 Å². The van der Waals surface area contributed by atoms with Crippen LogP contribution in [0.5, 0.6) is 0 Å². The lowest BCUT2D eigenvalue weighted by Crippen LogP contribution is -2.41. The molecule has 1 aliphatic heterocycles. The topological polar surface area (TPSA) is 76.9 Å². The molecule has 0 saturated carbocycles. The van der Waals surface area contributed by atoms with Gasteiger partial charge in [-0.3, -0.25) is 14.9 Å². The standard InChI is InChI=1S/C11H9BrN4O2S/c12-9-3-2-8(19-9)6-5-16(15-14-6)7-1-4-10(17)13-11(7)18/h2-3,5,7H,1,4H2,(H,13,17,18). The number of thiophene rings is 1. The Labute approximate surface area is 120 Å². The maximum absolute atomic E-state index is 11.7. The van der Waals surface area contributed by atoms with E-state index in [0.717, 1.165) is 14.4 Å². The lowest BCUT2D eigenvalue weighted by molar-refractivity contribution is -0.136. The number of piperidine rings is 1. The van der Waals surface area contributed by atoms with Crippen molar-refractivity contribution in [3.63, 3.8) is 0 Å². The summed E-state index contributed by atoms with van der Waals surface area (Å²) in [5.41, 5.74) is 0.723. The average molecular weight is 341 g/mol. The van der Waals surface area contributed by atoms with Crippen molar-refractivity contribution < 1.29 is 9.59 Å². The van der Waals surface area contributed by atoms with Crippen LogP contribution in [0.25, 0.3) is 10.6 Å². The molecule has 0 bridgehead atoms. The van der Waals surface area contributed by atoms with E-state index in [1.54, 1.807) is 17.5 Å². The average Bonchev–Trinajstić information content (AvgIpc) is 2.97. The first-order valence-corrected chi connectivity index (χ1v) is 7.25. The normalized spacial score (nSPS) is 19.5. The smallest absolute Gasteiger partial charge is 0.251 e. The summed E-state index contributed by atoms with van der Waals surface area (Å²) in [6, 6.07) is 3.42. The summed E-state index contributed by atoms with van der Waals surface area (Å²) in [7, 11) is 0. The van der Waals surface area contributed by atoms with Crippen molar-refractivity contribution >= 4 is 39.1 Å². The van der Waals surface area contributed by atoms with Crippen LogP contribution in [0.1, 0.15) is 18.9 Å². The third-order valence-corrected chi connectivity index (χ3v) is 4.51. The van der Waals surface area contributed by atoms with E-state index in [1.807, 2.05) is 12.1 Å². The second kappa shape index (κ2) is 4.86. The van der Waals surface area contributed by atoms with Gasteiger partial charge < -0.3 is 0 Å². The van der Waals surface area contributed by atoms with Crippen molar-refractivity contribution in [3.8, 4) is 10.6 Å². The maximum atomic E-state index is 11.7. The molecule has 2 amide bonds. The lowest BCUT2D eigenvalue weighted by Gasteiger charge is -2.20.